The largest absolute Gasteiger partial charge is 0.497 e. The fourth-order valence-corrected chi connectivity index (χ4v) is 3.80. The summed E-state index contributed by atoms with van der Waals surface area (Å²) in [6.45, 7) is -0.206. The van der Waals surface area contributed by atoms with Gasteiger partial charge < -0.3 is 9.64 Å². The molecular weight excluding hydrogens is 440 g/mol. The summed E-state index contributed by atoms with van der Waals surface area (Å²) in [5, 5.41) is 5.83. The molecule has 1 unspecified atom stereocenters. The van der Waals surface area contributed by atoms with Crippen molar-refractivity contribution < 1.29 is 23.1 Å². The van der Waals surface area contributed by atoms with Crippen LogP contribution >= 0.6 is 0 Å². The number of halogens is 2. The summed E-state index contributed by atoms with van der Waals surface area (Å²) in [5.41, 5.74) is 2.42. The number of likely N-dealkylation sites (N-methyl/N-ethyl adjacent to an activating group) is 1. The van der Waals surface area contributed by atoms with Crippen molar-refractivity contribution in [2.75, 3.05) is 20.7 Å². The van der Waals surface area contributed by atoms with Crippen molar-refractivity contribution in [3.05, 3.63) is 101 Å². The van der Waals surface area contributed by atoms with Gasteiger partial charge in [0.1, 0.15) is 23.9 Å². The maximum absolute atomic E-state index is 13.5. The van der Waals surface area contributed by atoms with E-state index in [9.17, 15) is 18.4 Å². The number of hydrogen-bond donors (Lipinski definition) is 0. The maximum atomic E-state index is 13.5. The summed E-state index contributed by atoms with van der Waals surface area (Å²) in [4.78, 5) is 27.4. The zero-order valence-electron chi connectivity index (χ0n) is 18.7. The van der Waals surface area contributed by atoms with Crippen molar-refractivity contribution in [1.82, 2.24) is 9.91 Å². The number of ether oxygens (including phenoxy) is 1. The minimum absolute atomic E-state index is 0.206. The molecule has 0 spiro atoms. The van der Waals surface area contributed by atoms with E-state index in [2.05, 4.69) is 5.10 Å². The first-order chi connectivity index (χ1) is 16.4. The molecule has 0 fully saturated rings. The van der Waals surface area contributed by atoms with E-state index in [0.29, 0.717) is 34.6 Å². The number of benzene rings is 3. The van der Waals surface area contributed by atoms with Crippen molar-refractivity contribution in [2.45, 2.75) is 12.5 Å². The van der Waals surface area contributed by atoms with Gasteiger partial charge in [-0.1, -0.05) is 24.3 Å². The molecule has 4 rings (SSSR count). The van der Waals surface area contributed by atoms with Crippen molar-refractivity contribution in [1.29, 1.82) is 0 Å². The molecule has 0 bridgehead atoms. The highest BCUT2D eigenvalue weighted by atomic mass is 19.1. The Morgan fingerprint density at radius 1 is 0.971 bits per heavy atom. The average Bonchev–Trinajstić information content (AvgIpc) is 3.30. The minimum atomic E-state index is -0.474. The number of carbonyl (C=O) groups is 2. The lowest BCUT2D eigenvalue weighted by atomic mass is 9.98. The summed E-state index contributed by atoms with van der Waals surface area (Å²) < 4.78 is 32.0. The van der Waals surface area contributed by atoms with Crippen molar-refractivity contribution in [3.63, 3.8) is 0 Å². The molecule has 34 heavy (non-hydrogen) atoms. The van der Waals surface area contributed by atoms with Gasteiger partial charge in [-0.25, -0.2) is 13.8 Å². The Bertz CT molecular complexity index is 1210. The van der Waals surface area contributed by atoms with Crippen LogP contribution in [0.25, 0.3) is 0 Å². The van der Waals surface area contributed by atoms with Gasteiger partial charge in [0.2, 0.25) is 0 Å². The number of hydrazone groups is 1. The van der Waals surface area contributed by atoms with Gasteiger partial charge in [0.05, 0.1) is 18.9 Å². The molecule has 0 radical (unpaired) electrons. The lowest BCUT2D eigenvalue weighted by molar-refractivity contribution is -0.133. The van der Waals surface area contributed by atoms with Gasteiger partial charge in [0.15, 0.2) is 0 Å². The zero-order valence-corrected chi connectivity index (χ0v) is 18.7. The van der Waals surface area contributed by atoms with Crippen LogP contribution in [-0.4, -0.2) is 48.1 Å². The SMILES string of the molecule is COc1ccc(C(=O)N(C)CC(=O)N2N=C(c3ccc(F)cc3)CC2c2ccc(F)cc2)cc1. The normalized spacial score (nSPS) is 15.1. The molecule has 1 heterocycles. The number of methoxy groups -OCH3 is 1. The first-order valence-electron chi connectivity index (χ1n) is 10.7. The Kier molecular flexibility index (Phi) is 6.67. The van der Waals surface area contributed by atoms with Crippen molar-refractivity contribution in [2.24, 2.45) is 5.10 Å². The van der Waals surface area contributed by atoms with Crippen LogP contribution in [-0.2, 0) is 4.79 Å². The second-order valence-electron chi connectivity index (χ2n) is 7.95. The van der Waals surface area contributed by atoms with Crippen LogP contribution in [0, 0.1) is 11.6 Å². The summed E-state index contributed by atoms with van der Waals surface area (Å²) in [5.74, 6) is -0.850. The van der Waals surface area contributed by atoms with Crippen LogP contribution in [0.1, 0.15) is 33.9 Å². The fraction of sp³-hybridized carbons (Fsp3) is 0.192. The second-order valence-corrected chi connectivity index (χ2v) is 7.95. The Morgan fingerprint density at radius 3 is 2.15 bits per heavy atom. The predicted octanol–water partition coefficient (Wildman–Crippen LogP) is 4.42. The predicted molar refractivity (Wildman–Crippen MR) is 123 cm³/mol. The number of rotatable bonds is 6. The number of nitrogens with zero attached hydrogens (tertiary/aromatic N) is 3. The summed E-state index contributed by atoms with van der Waals surface area (Å²) in [6.07, 6.45) is 0.374. The highest BCUT2D eigenvalue weighted by Crippen LogP contribution is 2.33. The summed E-state index contributed by atoms with van der Waals surface area (Å²) >= 11 is 0. The number of carbonyl (C=O) groups excluding carboxylic acids is 2. The third-order valence-electron chi connectivity index (χ3n) is 5.65. The van der Waals surface area contributed by atoms with Gasteiger partial charge in [-0.2, -0.15) is 5.10 Å². The molecule has 0 saturated heterocycles. The average molecular weight is 463 g/mol. The lowest BCUT2D eigenvalue weighted by Gasteiger charge is -2.25. The van der Waals surface area contributed by atoms with E-state index in [1.54, 1.807) is 48.5 Å². The van der Waals surface area contributed by atoms with Crippen LogP contribution in [0.2, 0.25) is 0 Å². The molecule has 2 amide bonds. The molecule has 0 N–H and O–H groups in total. The topological polar surface area (TPSA) is 62.2 Å². The number of amides is 2. The highest BCUT2D eigenvalue weighted by molar-refractivity contribution is 6.03. The third kappa shape index (κ3) is 4.96. The van der Waals surface area contributed by atoms with E-state index in [0.717, 1.165) is 0 Å². The first-order valence-corrected chi connectivity index (χ1v) is 10.7. The van der Waals surface area contributed by atoms with Gasteiger partial charge >= 0.3 is 0 Å². The van der Waals surface area contributed by atoms with Crippen LogP contribution < -0.4 is 4.74 Å². The Morgan fingerprint density at radius 2 is 1.56 bits per heavy atom. The molecule has 1 aliphatic rings. The zero-order chi connectivity index (χ0) is 24.2. The smallest absolute Gasteiger partial charge is 0.262 e. The molecule has 1 atom stereocenters. The van der Waals surface area contributed by atoms with E-state index < -0.39 is 11.9 Å². The molecule has 0 saturated carbocycles. The lowest BCUT2D eigenvalue weighted by Crippen LogP contribution is -2.39. The molecule has 8 heteroatoms. The molecule has 0 aliphatic carbocycles. The van der Waals surface area contributed by atoms with Crippen LogP contribution in [0.15, 0.2) is 77.9 Å². The fourth-order valence-electron chi connectivity index (χ4n) is 3.80. The maximum Gasteiger partial charge on any atom is 0.262 e. The van der Waals surface area contributed by atoms with E-state index in [4.69, 9.17) is 4.74 Å². The van der Waals surface area contributed by atoms with Crippen LogP contribution in [0.5, 0.6) is 5.75 Å². The second kappa shape index (κ2) is 9.82. The van der Waals surface area contributed by atoms with E-state index in [1.807, 2.05) is 0 Å². The third-order valence-corrected chi connectivity index (χ3v) is 5.65. The quantitative estimate of drug-likeness (QED) is 0.544. The first kappa shape index (κ1) is 23.1. The van der Waals surface area contributed by atoms with E-state index in [1.165, 1.54) is 48.3 Å². The van der Waals surface area contributed by atoms with Crippen molar-refractivity contribution in [3.8, 4) is 5.75 Å². The summed E-state index contributed by atoms with van der Waals surface area (Å²) in [6, 6.07) is 17.9. The van der Waals surface area contributed by atoms with Gasteiger partial charge in [-0.3, -0.25) is 9.59 Å². The van der Waals surface area contributed by atoms with Crippen LogP contribution in [0.4, 0.5) is 8.78 Å². The monoisotopic (exact) mass is 463 g/mol. The highest BCUT2D eigenvalue weighted by Gasteiger charge is 2.34. The standard InChI is InChI=1S/C26H23F2N3O3/c1-30(26(33)19-7-13-22(34-2)14-8-19)16-25(32)31-24(18-5-11-21(28)12-6-18)15-23(29-31)17-3-9-20(27)10-4-17/h3-14,24H,15-16H2,1-2H3. The van der Waals surface area contributed by atoms with Gasteiger partial charge in [-0.15, -0.1) is 0 Å². The van der Waals surface area contributed by atoms with E-state index >= 15 is 0 Å². The Labute approximate surface area is 196 Å². The summed E-state index contributed by atoms with van der Waals surface area (Å²) in [7, 11) is 3.08. The van der Waals surface area contributed by atoms with E-state index in [-0.39, 0.29) is 24.1 Å². The molecule has 3 aromatic carbocycles. The van der Waals surface area contributed by atoms with Crippen molar-refractivity contribution >= 4 is 17.5 Å². The molecule has 1 aliphatic heterocycles. The Balaban J connectivity index is 1.56. The molecule has 0 aromatic heterocycles. The minimum Gasteiger partial charge on any atom is -0.497 e. The molecule has 174 valence electrons. The Hall–Kier alpha value is -4.07. The number of hydrogen-bond acceptors (Lipinski definition) is 4. The molecule has 6 nitrogen and oxygen atoms in total. The van der Waals surface area contributed by atoms with Crippen LogP contribution in [0.3, 0.4) is 0 Å². The van der Waals surface area contributed by atoms with Gasteiger partial charge in [0, 0.05) is 19.0 Å². The molecule has 3 aromatic rings. The van der Waals surface area contributed by atoms with Gasteiger partial charge in [0.25, 0.3) is 11.8 Å². The van der Waals surface area contributed by atoms with Gasteiger partial charge in [-0.05, 0) is 59.7 Å². The molecular formula is C26H23F2N3O3.